The van der Waals surface area contributed by atoms with Gasteiger partial charge in [-0.1, -0.05) is 30.3 Å². The highest BCUT2D eigenvalue weighted by molar-refractivity contribution is 7.98. The topological polar surface area (TPSA) is 178 Å². The van der Waals surface area contributed by atoms with Crippen molar-refractivity contribution in [1.82, 2.24) is 16.0 Å². The van der Waals surface area contributed by atoms with Crippen molar-refractivity contribution in [2.75, 3.05) is 25.2 Å². The lowest BCUT2D eigenvalue weighted by molar-refractivity contribution is -0.185. The Balaban J connectivity index is 2.00. The maximum Gasteiger partial charge on any atom is 0.408 e. The summed E-state index contributed by atoms with van der Waals surface area (Å²) in [6, 6.07) is 6.13. The van der Waals surface area contributed by atoms with E-state index in [0.29, 0.717) is 13.2 Å². The van der Waals surface area contributed by atoms with Crippen LogP contribution >= 0.6 is 11.8 Å². The molecule has 1 fully saturated rings. The van der Waals surface area contributed by atoms with Crippen molar-refractivity contribution in [3.8, 4) is 0 Å². The second-order valence-electron chi connectivity index (χ2n) is 10.5. The molecule has 0 bridgehead atoms. The predicted octanol–water partition coefficient (Wildman–Crippen LogP) is 0.844. The van der Waals surface area contributed by atoms with Crippen molar-refractivity contribution < 1.29 is 38.5 Å². The summed E-state index contributed by atoms with van der Waals surface area (Å²) in [6.45, 7) is 6.18. The monoisotopic (exact) mass is 582 g/mol. The molecule has 13 heteroatoms. The Bertz CT molecular complexity index is 969. The molecule has 1 aromatic carbocycles. The molecule has 12 nitrogen and oxygen atoms in total. The van der Waals surface area contributed by atoms with Gasteiger partial charge in [0.1, 0.15) is 17.7 Å². The van der Waals surface area contributed by atoms with Gasteiger partial charge < -0.3 is 35.7 Å². The lowest BCUT2D eigenvalue weighted by Crippen LogP contribution is -2.56. The number of alkyl carbamates (subject to hydrolysis) is 1. The van der Waals surface area contributed by atoms with Crippen LogP contribution < -0.4 is 21.7 Å². The molecule has 224 valence electrons. The van der Waals surface area contributed by atoms with E-state index >= 15 is 0 Å². The first-order chi connectivity index (χ1) is 18.9. The molecule has 40 heavy (non-hydrogen) atoms. The number of nitrogens with two attached hydrogens (primary N) is 1. The standard InChI is InChI=1S/C27H42N4O8S/c1-27(2,3)39-26(36)30-19(13-17-9-6-5-7-10-17)24(34)29-20(16-40-4)25(35)31-22(33)15-21(32)18(28)14-23-37-11-8-12-38-23/h5-7,9-10,18-21,23,32H,8,11-16,28H2,1-4H3,(H,29,34)(H,30,36)(H,31,33,35)/t18?,19-,20-,21?/m0/s1. The maximum absolute atomic E-state index is 13.2. The van der Waals surface area contributed by atoms with E-state index in [-0.39, 0.29) is 18.6 Å². The van der Waals surface area contributed by atoms with Crippen molar-refractivity contribution >= 4 is 35.6 Å². The van der Waals surface area contributed by atoms with Gasteiger partial charge in [0.05, 0.1) is 25.7 Å². The van der Waals surface area contributed by atoms with Crippen LogP contribution in [0.1, 0.15) is 45.6 Å². The highest BCUT2D eigenvalue weighted by Crippen LogP contribution is 2.13. The van der Waals surface area contributed by atoms with Gasteiger partial charge in [0.2, 0.25) is 17.7 Å². The van der Waals surface area contributed by atoms with Gasteiger partial charge in [0.25, 0.3) is 0 Å². The third-order valence-corrected chi connectivity index (χ3v) is 6.44. The van der Waals surface area contributed by atoms with Gasteiger partial charge >= 0.3 is 6.09 Å². The van der Waals surface area contributed by atoms with Crippen LogP contribution in [0.2, 0.25) is 0 Å². The number of hydrogen-bond acceptors (Lipinski definition) is 10. The number of aliphatic hydroxyl groups is 1. The second kappa shape index (κ2) is 16.5. The second-order valence-corrected chi connectivity index (χ2v) is 11.4. The predicted molar refractivity (Wildman–Crippen MR) is 150 cm³/mol. The molecule has 0 aromatic heterocycles. The largest absolute Gasteiger partial charge is 0.444 e. The van der Waals surface area contributed by atoms with Crippen molar-refractivity contribution in [3.63, 3.8) is 0 Å². The molecule has 0 radical (unpaired) electrons. The van der Waals surface area contributed by atoms with E-state index in [1.165, 1.54) is 11.8 Å². The third-order valence-electron chi connectivity index (χ3n) is 5.77. The highest BCUT2D eigenvalue weighted by Gasteiger charge is 2.30. The van der Waals surface area contributed by atoms with Crippen molar-refractivity contribution in [2.45, 2.75) is 82.6 Å². The summed E-state index contributed by atoms with van der Waals surface area (Å²) in [4.78, 5) is 51.1. The molecule has 1 aliphatic heterocycles. The number of aliphatic hydroxyl groups excluding tert-OH is 1. The average molecular weight is 583 g/mol. The first-order valence-electron chi connectivity index (χ1n) is 13.2. The highest BCUT2D eigenvalue weighted by atomic mass is 32.2. The van der Waals surface area contributed by atoms with Crippen LogP contribution in [-0.4, -0.2) is 90.3 Å². The number of amides is 4. The number of thioether (sulfide) groups is 1. The fraction of sp³-hybridized carbons (Fsp3) is 0.630. The number of hydrogen-bond donors (Lipinski definition) is 5. The van der Waals surface area contributed by atoms with Gasteiger partial charge in [-0.15, -0.1) is 0 Å². The van der Waals surface area contributed by atoms with Gasteiger partial charge in [-0.25, -0.2) is 4.79 Å². The van der Waals surface area contributed by atoms with E-state index in [1.54, 1.807) is 27.0 Å². The fourth-order valence-corrected chi connectivity index (χ4v) is 4.37. The van der Waals surface area contributed by atoms with Crippen molar-refractivity contribution in [3.05, 3.63) is 35.9 Å². The number of rotatable bonds is 13. The van der Waals surface area contributed by atoms with Crippen molar-refractivity contribution in [1.29, 1.82) is 0 Å². The molecule has 6 N–H and O–H groups in total. The van der Waals surface area contributed by atoms with Crippen LogP contribution in [0.3, 0.4) is 0 Å². The Labute approximate surface area is 239 Å². The molecule has 0 saturated carbocycles. The Morgan fingerprint density at radius 1 is 1.07 bits per heavy atom. The summed E-state index contributed by atoms with van der Waals surface area (Å²) in [7, 11) is 0. The van der Waals surface area contributed by atoms with Crippen LogP contribution in [0.25, 0.3) is 0 Å². The minimum Gasteiger partial charge on any atom is -0.444 e. The number of benzene rings is 1. The van der Waals surface area contributed by atoms with E-state index < -0.39 is 66.4 Å². The smallest absolute Gasteiger partial charge is 0.408 e. The number of imide groups is 1. The lowest BCUT2D eigenvalue weighted by Gasteiger charge is -2.27. The van der Waals surface area contributed by atoms with E-state index in [1.807, 2.05) is 30.3 Å². The zero-order valence-electron chi connectivity index (χ0n) is 23.5. The quantitative estimate of drug-likeness (QED) is 0.224. The summed E-state index contributed by atoms with van der Waals surface area (Å²) < 4.78 is 16.2. The molecule has 0 spiro atoms. The van der Waals surface area contributed by atoms with Crippen LogP contribution in [-0.2, 0) is 35.0 Å². The molecule has 4 amide bonds. The Morgan fingerprint density at radius 2 is 1.73 bits per heavy atom. The molecule has 1 heterocycles. The molecule has 1 saturated heterocycles. The zero-order valence-corrected chi connectivity index (χ0v) is 24.3. The molecule has 2 unspecified atom stereocenters. The first kappa shape index (κ1) is 33.5. The van der Waals surface area contributed by atoms with E-state index in [2.05, 4.69) is 16.0 Å². The molecular weight excluding hydrogens is 540 g/mol. The van der Waals surface area contributed by atoms with E-state index in [0.717, 1.165) is 12.0 Å². The fourth-order valence-electron chi connectivity index (χ4n) is 3.80. The Kier molecular flexibility index (Phi) is 13.8. The van der Waals surface area contributed by atoms with Crippen molar-refractivity contribution in [2.24, 2.45) is 5.73 Å². The molecular formula is C27H42N4O8S. The summed E-state index contributed by atoms with van der Waals surface area (Å²) in [6.07, 6.45) is -0.122. The number of carbonyl (C=O) groups excluding carboxylic acids is 4. The summed E-state index contributed by atoms with van der Waals surface area (Å²) >= 11 is 1.29. The van der Waals surface area contributed by atoms with Crippen LogP contribution in [0.15, 0.2) is 30.3 Å². The van der Waals surface area contributed by atoms with Crippen LogP contribution in [0.5, 0.6) is 0 Å². The van der Waals surface area contributed by atoms with Gasteiger partial charge in [-0.3, -0.25) is 19.7 Å². The normalized spacial score (nSPS) is 17.1. The maximum atomic E-state index is 13.2. The lowest BCUT2D eigenvalue weighted by atomic mass is 10.0. The molecule has 2 rings (SSSR count). The molecule has 0 aliphatic carbocycles. The van der Waals surface area contributed by atoms with Gasteiger partial charge in [0.15, 0.2) is 6.29 Å². The minimum atomic E-state index is -1.23. The molecule has 1 aromatic rings. The zero-order chi connectivity index (χ0) is 29.7. The summed E-state index contributed by atoms with van der Waals surface area (Å²) in [5, 5.41) is 17.8. The first-order valence-corrected chi connectivity index (χ1v) is 14.6. The van der Waals surface area contributed by atoms with Gasteiger partial charge in [0, 0.05) is 24.6 Å². The Morgan fingerprint density at radius 3 is 2.33 bits per heavy atom. The summed E-state index contributed by atoms with van der Waals surface area (Å²) in [5.41, 5.74) is 6.01. The van der Waals surface area contributed by atoms with Crippen LogP contribution in [0.4, 0.5) is 4.79 Å². The van der Waals surface area contributed by atoms with Gasteiger partial charge in [-0.05, 0) is 39.0 Å². The Hall–Kier alpha value is -2.71. The minimum absolute atomic E-state index is 0.150. The number of ether oxygens (including phenoxy) is 3. The van der Waals surface area contributed by atoms with E-state index in [4.69, 9.17) is 19.9 Å². The molecule has 4 atom stereocenters. The van der Waals surface area contributed by atoms with Crippen LogP contribution in [0, 0.1) is 0 Å². The molecule has 1 aliphatic rings. The average Bonchev–Trinajstić information content (AvgIpc) is 2.88. The SMILES string of the molecule is CSC[C@H](NC(=O)[C@H](Cc1ccccc1)NC(=O)OC(C)(C)C)C(=O)NC(=O)CC(O)C(N)CC1OCCCO1. The number of nitrogens with one attached hydrogen (secondary N) is 3. The number of carbonyl (C=O) groups is 4. The van der Waals surface area contributed by atoms with Gasteiger partial charge in [-0.2, -0.15) is 11.8 Å². The van der Waals surface area contributed by atoms with E-state index in [9.17, 15) is 24.3 Å². The third kappa shape index (κ3) is 12.6. The summed E-state index contributed by atoms with van der Waals surface area (Å²) in [5.74, 6) is -1.95.